The van der Waals surface area contributed by atoms with E-state index in [1.165, 1.54) is 23.0 Å². The highest BCUT2D eigenvalue weighted by molar-refractivity contribution is 8.00. The Morgan fingerprint density at radius 2 is 1.83 bits per heavy atom. The first-order valence-corrected chi connectivity index (χ1v) is 7.71. The summed E-state index contributed by atoms with van der Waals surface area (Å²) in [6, 6.07) is 7.57. The minimum Gasteiger partial charge on any atom is -0.259 e. The van der Waals surface area contributed by atoms with Crippen LogP contribution in [-0.4, -0.2) is 20.3 Å². The normalized spacial score (nSPS) is 11.7. The zero-order valence-corrected chi connectivity index (χ0v) is 13.0. The Hall–Kier alpha value is -2.35. The standard InChI is InChI=1S/C16H11F4N3S/c17-14-9-21-10-15(23-7-1-6-22-23)13(14)8-11-2-4-12(5-3-11)24-16(18,19)20/h1-7,9-10H,8H2. The van der Waals surface area contributed by atoms with Crippen molar-refractivity contribution in [1.82, 2.24) is 14.8 Å². The Bertz CT molecular complexity index is 814. The van der Waals surface area contributed by atoms with E-state index in [-0.39, 0.29) is 23.1 Å². The van der Waals surface area contributed by atoms with Crippen LogP contribution in [0.25, 0.3) is 5.69 Å². The molecule has 0 radical (unpaired) electrons. The molecule has 0 saturated heterocycles. The number of nitrogens with zero attached hydrogens (tertiary/aromatic N) is 3. The van der Waals surface area contributed by atoms with Crippen molar-refractivity contribution in [3.8, 4) is 5.69 Å². The number of benzene rings is 1. The molecule has 3 aromatic rings. The second kappa shape index (κ2) is 6.64. The fourth-order valence-corrected chi connectivity index (χ4v) is 2.79. The fraction of sp³-hybridized carbons (Fsp3) is 0.125. The number of aromatic nitrogens is 3. The molecule has 0 unspecified atom stereocenters. The molecule has 0 aliphatic rings. The van der Waals surface area contributed by atoms with Crippen LogP contribution in [0.5, 0.6) is 0 Å². The summed E-state index contributed by atoms with van der Waals surface area (Å²) in [6.45, 7) is 0. The number of rotatable bonds is 4. The van der Waals surface area contributed by atoms with E-state index in [1.54, 1.807) is 30.6 Å². The van der Waals surface area contributed by atoms with Gasteiger partial charge in [0.05, 0.1) is 18.1 Å². The maximum absolute atomic E-state index is 14.2. The molecule has 124 valence electrons. The van der Waals surface area contributed by atoms with Crippen molar-refractivity contribution in [1.29, 1.82) is 0 Å². The lowest BCUT2D eigenvalue weighted by molar-refractivity contribution is -0.0328. The zero-order valence-electron chi connectivity index (χ0n) is 12.2. The molecule has 8 heteroatoms. The predicted molar refractivity (Wildman–Crippen MR) is 82.5 cm³/mol. The molecule has 0 aliphatic carbocycles. The van der Waals surface area contributed by atoms with Crippen molar-refractivity contribution in [2.75, 3.05) is 0 Å². The Kier molecular flexibility index (Phi) is 4.57. The molecule has 0 saturated carbocycles. The Labute approximate surface area is 139 Å². The van der Waals surface area contributed by atoms with E-state index in [0.717, 1.165) is 6.20 Å². The zero-order chi connectivity index (χ0) is 17.2. The first-order chi connectivity index (χ1) is 11.4. The van der Waals surface area contributed by atoms with Crippen molar-refractivity contribution in [3.63, 3.8) is 0 Å². The molecule has 0 amide bonds. The monoisotopic (exact) mass is 353 g/mol. The van der Waals surface area contributed by atoms with Crippen LogP contribution < -0.4 is 0 Å². The quantitative estimate of drug-likeness (QED) is 0.507. The van der Waals surface area contributed by atoms with Gasteiger partial charge in [0.15, 0.2) is 0 Å². The number of hydrogen-bond acceptors (Lipinski definition) is 3. The fourth-order valence-electron chi connectivity index (χ4n) is 2.25. The summed E-state index contributed by atoms with van der Waals surface area (Å²) in [5.41, 5.74) is -2.76. The van der Waals surface area contributed by atoms with Gasteiger partial charge in [-0.1, -0.05) is 12.1 Å². The van der Waals surface area contributed by atoms with Crippen molar-refractivity contribution in [2.45, 2.75) is 16.8 Å². The maximum atomic E-state index is 14.2. The molecule has 0 spiro atoms. The Morgan fingerprint density at radius 3 is 2.46 bits per heavy atom. The van der Waals surface area contributed by atoms with Crippen LogP contribution in [0.1, 0.15) is 11.1 Å². The third-order valence-electron chi connectivity index (χ3n) is 3.27. The van der Waals surface area contributed by atoms with Crippen LogP contribution >= 0.6 is 11.8 Å². The highest BCUT2D eigenvalue weighted by Crippen LogP contribution is 2.36. The van der Waals surface area contributed by atoms with Gasteiger partial charge in [0, 0.05) is 29.3 Å². The molecule has 2 aromatic heterocycles. The van der Waals surface area contributed by atoms with Gasteiger partial charge in [-0.05, 0) is 35.5 Å². The Balaban J connectivity index is 1.87. The minimum atomic E-state index is -4.33. The lowest BCUT2D eigenvalue weighted by atomic mass is 10.0. The van der Waals surface area contributed by atoms with Gasteiger partial charge < -0.3 is 0 Å². The lowest BCUT2D eigenvalue weighted by Crippen LogP contribution is -2.05. The van der Waals surface area contributed by atoms with E-state index in [2.05, 4.69) is 10.1 Å². The van der Waals surface area contributed by atoms with Crippen molar-refractivity contribution in [2.24, 2.45) is 0 Å². The highest BCUT2D eigenvalue weighted by Gasteiger charge is 2.29. The van der Waals surface area contributed by atoms with Gasteiger partial charge in [0.25, 0.3) is 0 Å². The number of alkyl halides is 3. The van der Waals surface area contributed by atoms with Crippen LogP contribution in [0.3, 0.4) is 0 Å². The number of pyridine rings is 1. The SMILES string of the molecule is Fc1cncc(-n2cccn2)c1Cc1ccc(SC(F)(F)F)cc1. The van der Waals surface area contributed by atoms with E-state index in [4.69, 9.17) is 0 Å². The molecule has 0 N–H and O–H groups in total. The van der Waals surface area contributed by atoms with E-state index in [9.17, 15) is 17.6 Å². The average molecular weight is 353 g/mol. The average Bonchev–Trinajstić information content (AvgIpc) is 3.04. The second-order valence-corrected chi connectivity index (χ2v) is 6.08. The summed E-state index contributed by atoms with van der Waals surface area (Å²) in [5, 5.41) is 4.07. The van der Waals surface area contributed by atoms with E-state index in [1.807, 2.05) is 0 Å². The Morgan fingerprint density at radius 1 is 1.08 bits per heavy atom. The van der Waals surface area contributed by atoms with E-state index in [0.29, 0.717) is 16.8 Å². The van der Waals surface area contributed by atoms with Gasteiger partial charge in [0.2, 0.25) is 0 Å². The highest BCUT2D eigenvalue weighted by atomic mass is 32.2. The van der Waals surface area contributed by atoms with Crippen LogP contribution in [-0.2, 0) is 6.42 Å². The number of thioether (sulfide) groups is 1. The van der Waals surface area contributed by atoms with Crippen molar-refractivity contribution >= 4 is 11.8 Å². The van der Waals surface area contributed by atoms with E-state index < -0.39 is 11.3 Å². The first-order valence-electron chi connectivity index (χ1n) is 6.89. The first kappa shape index (κ1) is 16.5. The number of halogens is 4. The molecule has 0 atom stereocenters. The second-order valence-electron chi connectivity index (χ2n) is 4.94. The molecular formula is C16H11F4N3S. The number of hydrogen-bond donors (Lipinski definition) is 0. The molecule has 3 nitrogen and oxygen atoms in total. The van der Waals surface area contributed by atoms with Gasteiger partial charge in [-0.25, -0.2) is 9.07 Å². The molecular weight excluding hydrogens is 342 g/mol. The largest absolute Gasteiger partial charge is 0.446 e. The molecule has 0 aliphatic heterocycles. The van der Waals surface area contributed by atoms with Crippen LogP contribution in [0.4, 0.5) is 17.6 Å². The van der Waals surface area contributed by atoms with E-state index >= 15 is 0 Å². The summed E-state index contributed by atoms with van der Waals surface area (Å²) in [6.07, 6.45) is 6.07. The minimum absolute atomic E-state index is 0.0914. The van der Waals surface area contributed by atoms with Gasteiger partial charge in [-0.2, -0.15) is 18.3 Å². The van der Waals surface area contributed by atoms with Crippen LogP contribution in [0.15, 0.2) is 60.0 Å². The van der Waals surface area contributed by atoms with Gasteiger partial charge in [-0.15, -0.1) is 0 Å². The summed E-state index contributed by atoms with van der Waals surface area (Å²) in [4.78, 5) is 3.92. The van der Waals surface area contributed by atoms with Gasteiger partial charge in [-0.3, -0.25) is 4.98 Å². The van der Waals surface area contributed by atoms with Crippen LogP contribution in [0, 0.1) is 5.82 Å². The summed E-state index contributed by atoms with van der Waals surface area (Å²) >= 11 is -0.178. The summed E-state index contributed by atoms with van der Waals surface area (Å²) in [5.74, 6) is -0.489. The van der Waals surface area contributed by atoms with Crippen molar-refractivity contribution < 1.29 is 17.6 Å². The van der Waals surface area contributed by atoms with Crippen molar-refractivity contribution in [3.05, 3.63) is 72.1 Å². The summed E-state index contributed by atoms with van der Waals surface area (Å²) in [7, 11) is 0. The van der Waals surface area contributed by atoms with Gasteiger partial charge in [0.1, 0.15) is 5.82 Å². The molecule has 1 aromatic carbocycles. The third-order valence-corrected chi connectivity index (χ3v) is 4.01. The molecule has 24 heavy (non-hydrogen) atoms. The van der Waals surface area contributed by atoms with Crippen LogP contribution in [0.2, 0.25) is 0 Å². The predicted octanol–water partition coefficient (Wildman–Crippen LogP) is 4.61. The molecule has 0 fully saturated rings. The summed E-state index contributed by atoms with van der Waals surface area (Å²) < 4.78 is 52.7. The molecule has 0 bridgehead atoms. The topological polar surface area (TPSA) is 30.7 Å². The third kappa shape index (κ3) is 3.94. The molecule has 2 heterocycles. The lowest BCUT2D eigenvalue weighted by Gasteiger charge is -2.11. The molecule has 3 rings (SSSR count). The smallest absolute Gasteiger partial charge is 0.259 e. The maximum Gasteiger partial charge on any atom is 0.446 e. The van der Waals surface area contributed by atoms with Gasteiger partial charge >= 0.3 is 5.51 Å².